The molecule has 2 heterocycles. The summed E-state index contributed by atoms with van der Waals surface area (Å²) in [5, 5.41) is 16.3. The second-order valence-electron chi connectivity index (χ2n) is 3.80. The smallest absolute Gasteiger partial charge is 0.350 e. The van der Waals surface area contributed by atoms with Crippen molar-refractivity contribution in [3.05, 3.63) is 29.5 Å². The first-order valence-corrected chi connectivity index (χ1v) is 5.25. The molecule has 0 bridgehead atoms. The standard InChI is InChI=1S/C11H9F3N4/c12-11(13,14)9-2-5-18(6-3-9)10-8(7-15)1-4-16-17-10/h1-2,4H,3,5-6H2. The maximum Gasteiger partial charge on any atom is 0.412 e. The first-order valence-electron chi connectivity index (χ1n) is 5.25. The van der Waals surface area contributed by atoms with E-state index in [0.717, 1.165) is 6.08 Å². The molecule has 0 aliphatic carbocycles. The van der Waals surface area contributed by atoms with Crippen molar-refractivity contribution >= 4 is 5.82 Å². The Balaban J connectivity index is 2.20. The van der Waals surface area contributed by atoms with Crippen LogP contribution in [0.25, 0.3) is 0 Å². The van der Waals surface area contributed by atoms with Crippen LogP contribution in [0, 0.1) is 11.3 Å². The van der Waals surface area contributed by atoms with Crippen LogP contribution >= 0.6 is 0 Å². The molecule has 2 rings (SSSR count). The van der Waals surface area contributed by atoms with Gasteiger partial charge in [0.05, 0.1) is 11.8 Å². The quantitative estimate of drug-likeness (QED) is 0.720. The zero-order valence-corrected chi connectivity index (χ0v) is 9.28. The summed E-state index contributed by atoms with van der Waals surface area (Å²) in [5.74, 6) is 0.331. The van der Waals surface area contributed by atoms with Crippen LogP contribution in [-0.4, -0.2) is 29.5 Å². The summed E-state index contributed by atoms with van der Waals surface area (Å²) in [6.45, 7) is 0.265. The van der Waals surface area contributed by atoms with Crippen molar-refractivity contribution in [3.63, 3.8) is 0 Å². The number of anilines is 1. The monoisotopic (exact) mass is 254 g/mol. The van der Waals surface area contributed by atoms with Crippen LogP contribution in [0.5, 0.6) is 0 Å². The summed E-state index contributed by atoms with van der Waals surface area (Å²) in [7, 11) is 0. The van der Waals surface area contributed by atoms with Crippen LogP contribution in [-0.2, 0) is 0 Å². The fourth-order valence-electron chi connectivity index (χ4n) is 1.76. The van der Waals surface area contributed by atoms with Gasteiger partial charge in [-0.15, -0.1) is 5.10 Å². The van der Waals surface area contributed by atoms with Crippen molar-refractivity contribution < 1.29 is 13.2 Å². The molecular weight excluding hydrogens is 245 g/mol. The summed E-state index contributed by atoms with van der Waals surface area (Å²) in [6, 6.07) is 3.44. The van der Waals surface area contributed by atoms with Crippen molar-refractivity contribution in [2.45, 2.75) is 12.6 Å². The Bertz CT molecular complexity index is 516. The Morgan fingerprint density at radius 2 is 2.17 bits per heavy atom. The molecule has 0 fully saturated rings. The van der Waals surface area contributed by atoms with Crippen LogP contribution in [0.15, 0.2) is 23.9 Å². The van der Waals surface area contributed by atoms with Gasteiger partial charge in [0.1, 0.15) is 6.07 Å². The molecule has 7 heteroatoms. The predicted octanol–water partition coefficient (Wildman–Crippen LogP) is 2.05. The topological polar surface area (TPSA) is 52.8 Å². The van der Waals surface area contributed by atoms with Gasteiger partial charge in [-0.05, 0) is 12.5 Å². The fraction of sp³-hybridized carbons (Fsp3) is 0.364. The lowest BCUT2D eigenvalue weighted by Gasteiger charge is -2.28. The molecule has 1 aliphatic heterocycles. The van der Waals surface area contributed by atoms with E-state index in [2.05, 4.69) is 10.2 Å². The van der Waals surface area contributed by atoms with Crippen LogP contribution in [0.3, 0.4) is 0 Å². The van der Waals surface area contributed by atoms with Crippen molar-refractivity contribution in [2.24, 2.45) is 0 Å². The van der Waals surface area contributed by atoms with E-state index in [1.165, 1.54) is 12.3 Å². The first-order chi connectivity index (χ1) is 8.52. The molecule has 1 aromatic rings. The highest BCUT2D eigenvalue weighted by atomic mass is 19.4. The number of halogens is 3. The zero-order valence-electron chi connectivity index (χ0n) is 9.28. The third-order valence-electron chi connectivity index (χ3n) is 2.69. The van der Waals surface area contributed by atoms with Crippen LogP contribution in [0.2, 0.25) is 0 Å². The van der Waals surface area contributed by atoms with Gasteiger partial charge in [0.15, 0.2) is 5.82 Å². The minimum Gasteiger partial charge on any atom is -0.350 e. The highest BCUT2D eigenvalue weighted by molar-refractivity contribution is 5.53. The van der Waals surface area contributed by atoms with Gasteiger partial charge in [0.2, 0.25) is 0 Å². The molecule has 1 aliphatic rings. The zero-order chi connectivity index (χ0) is 13.2. The lowest BCUT2D eigenvalue weighted by Crippen LogP contribution is -2.33. The van der Waals surface area contributed by atoms with Crippen molar-refractivity contribution in [1.29, 1.82) is 5.26 Å². The van der Waals surface area contributed by atoms with E-state index in [9.17, 15) is 13.2 Å². The Labute approximate surface area is 101 Å². The number of nitrogens with zero attached hydrogens (tertiary/aromatic N) is 4. The van der Waals surface area contributed by atoms with Gasteiger partial charge in [-0.2, -0.15) is 23.5 Å². The van der Waals surface area contributed by atoms with Gasteiger partial charge in [-0.1, -0.05) is 6.08 Å². The molecule has 1 aromatic heterocycles. The molecule has 0 radical (unpaired) electrons. The summed E-state index contributed by atoms with van der Waals surface area (Å²) < 4.78 is 37.3. The minimum atomic E-state index is -4.27. The van der Waals surface area contributed by atoms with Crippen molar-refractivity contribution in [1.82, 2.24) is 10.2 Å². The van der Waals surface area contributed by atoms with Gasteiger partial charge in [-0.25, -0.2) is 0 Å². The maximum atomic E-state index is 12.4. The molecule has 0 N–H and O–H groups in total. The molecule has 0 amide bonds. The molecule has 0 spiro atoms. The van der Waals surface area contributed by atoms with Gasteiger partial charge in [-0.3, -0.25) is 0 Å². The van der Waals surface area contributed by atoms with Gasteiger partial charge in [0, 0.05) is 18.7 Å². The Hall–Kier alpha value is -2.10. The predicted molar refractivity (Wildman–Crippen MR) is 57.7 cm³/mol. The number of hydrogen-bond acceptors (Lipinski definition) is 4. The average molecular weight is 254 g/mol. The Morgan fingerprint density at radius 1 is 1.39 bits per heavy atom. The molecule has 4 nitrogen and oxygen atoms in total. The summed E-state index contributed by atoms with van der Waals surface area (Å²) >= 11 is 0. The highest BCUT2D eigenvalue weighted by Crippen LogP contribution is 2.31. The lowest BCUT2D eigenvalue weighted by molar-refractivity contribution is -0.0944. The molecule has 0 aromatic carbocycles. The molecular formula is C11H9F3N4. The van der Waals surface area contributed by atoms with E-state index in [1.54, 1.807) is 4.90 Å². The molecule has 18 heavy (non-hydrogen) atoms. The molecule has 94 valence electrons. The third kappa shape index (κ3) is 2.42. The number of alkyl halides is 3. The Kier molecular flexibility index (Phi) is 3.19. The molecule has 0 unspecified atom stereocenters. The largest absolute Gasteiger partial charge is 0.412 e. The Morgan fingerprint density at radius 3 is 2.72 bits per heavy atom. The number of aromatic nitrogens is 2. The number of rotatable bonds is 1. The van der Waals surface area contributed by atoms with Gasteiger partial charge >= 0.3 is 6.18 Å². The molecule has 0 atom stereocenters. The van der Waals surface area contributed by atoms with Crippen LogP contribution in [0.1, 0.15) is 12.0 Å². The normalized spacial score (nSPS) is 16.1. The number of hydrogen-bond donors (Lipinski definition) is 0. The average Bonchev–Trinajstić information content (AvgIpc) is 2.38. The fourth-order valence-corrected chi connectivity index (χ4v) is 1.76. The second-order valence-corrected chi connectivity index (χ2v) is 3.80. The van der Waals surface area contributed by atoms with E-state index in [4.69, 9.17) is 5.26 Å². The van der Waals surface area contributed by atoms with E-state index in [0.29, 0.717) is 11.4 Å². The van der Waals surface area contributed by atoms with E-state index in [1.807, 2.05) is 6.07 Å². The van der Waals surface area contributed by atoms with Crippen molar-refractivity contribution in [2.75, 3.05) is 18.0 Å². The van der Waals surface area contributed by atoms with E-state index in [-0.39, 0.29) is 19.5 Å². The summed E-state index contributed by atoms with van der Waals surface area (Å²) in [4.78, 5) is 1.61. The highest BCUT2D eigenvalue weighted by Gasteiger charge is 2.35. The SMILES string of the molecule is N#Cc1ccnnc1N1CC=C(C(F)(F)F)CC1. The number of nitriles is 1. The van der Waals surface area contributed by atoms with Gasteiger partial charge < -0.3 is 4.90 Å². The van der Waals surface area contributed by atoms with Gasteiger partial charge in [0.25, 0.3) is 0 Å². The summed E-state index contributed by atoms with van der Waals surface area (Å²) in [6.07, 6.45) is -1.88. The first kappa shape index (κ1) is 12.4. The second kappa shape index (κ2) is 4.64. The van der Waals surface area contributed by atoms with Crippen LogP contribution < -0.4 is 4.90 Å². The lowest BCUT2D eigenvalue weighted by atomic mass is 10.1. The summed E-state index contributed by atoms with van der Waals surface area (Å²) in [5.41, 5.74) is -0.213. The minimum absolute atomic E-state index is 0.0855. The third-order valence-corrected chi connectivity index (χ3v) is 2.69. The van der Waals surface area contributed by atoms with Crippen molar-refractivity contribution in [3.8, 4) is 6.07 Å². The van der Waals surface area contributed by atoms with E-state index < -0.39 is 11.7 Å². The maximum absolute atomic E-state index is 12.4. The molecule has 0 saturated heterocycles. The van der Waals surface area contributed by atoms with E-state index >= 15 is 0 Å². The molecule has 0 saturated carbocycles. The van der Waals surface area contributed by atoms with Crippen LogP contribution in [0.4, 0.5) is 19.0 Å².